The number of hydrogen-bond donors (Lipinski definition) is 3. The highest BCUT2D eigenvalue weighted by Gasteiger charge is 2.26. The van der Waals surface area contributed by atoms with Crippen LogP contribution in [0, 0.1) is 0 Å². The second kappa shape index (κ2) is 38.7. The molecule has 0 aliphatic heterocycles. The zero-order valence-corrected chi connectivity index (χ0v) is 33.7. The molecule has 0 saturated carbocycles. The third kappa shape index (κ3) is 38.5. The Labute approximate surface area is 313 Å². The number of rotatable bonds is 40. The number of ether oxygens (including phenoxy) is 2. The van der Waals surface area contributed by atoms with Gasteiger partial charge in [0, 0.05) is 13.0 Å². The fourth-order valence-electron chi connectivity index (χ4n) is 5.68. The van der Waals surface area contributed by atoms with Crippen molar-refractivity contribution in [2.45, 2.75) is 199 Å². The molecule has 302 valence electrons. The Bertz CT molecular complexity index is 851. The van der Waals surface area contributed by atoms with Crippen molar-refractivity contribution in [2.24, 2.45) is 0 Å². The Kier molecular flexibility index (Phi) is 37.9. The maximum Gasteiger partial charge on any atom is 0.472 e. The van der Waals surface area contributed by atoms with Gasteiger partial charge in [0.1, 0.15) is 12.2 Å². The quantitative estimate of drug-likeness (QED) is 0.0242. The Morgan fingerprint density at radius 1 is 0.608 bits per heavy atom. The average molecular weight is 747 g/mol. The molecule has 0 rings (SSSR count). The molecule has 0 bridgehead atoms. The first-order valence-electron chi connectivity index (χ1n) is 20.8. The van der Waals surface area contributed by atoms with Gasteiger partial charge in [-0.25, -0.2) is 4.57 Å². The molecule has 0 heterocycles. The fourth-order valence-corrected chi connectivity index (χ4v) is 6.47. The number of unbranched alkanes of at least 4 members (excludes halogenated alkanes) is 22. The van der Waals surface area contributed by atoms with Crippen molar-refractivity contribution in [3.05, 3.63) is 24.3 Å². The van der Waals surface area contributed by atoms with E-state index in [-0.39, 0.29) is 25.6 Å². The molecule has 0 spiro atoms. The topological polar surface area (TPSA) is 132 Å². The molecular formula is C41H79O9P. The van der Waals surface area contributed by atoms with Crippen LogP contribution in [0.3, 0.4) is 0 Å². The van der Waals surface area contributed by atoms with E-state index in [0.29, 0.717) is 6.61 Å². The molecule has 9 nitrogen and oxygen atoms in total. The van der Waals surface area contributed by atoms with Crippen LogP contribution in [0.1, 0.15) is 187 Å². The average Bonchev–Trinajstić information content (AvgIpc) is 3.12. The van der Waals surface area contributed by atoms with E-state index in [0.717, 1.165) is 44.9 Å². The van der Waals surface area contributed by atoms with E-state index in [9.17, 15) is 19.4 Å². The van der Waals surface area contributed by atoms with Gasteiger partial charge in [0.05, 0.1) is 26.4 Å². The van der Waals surface area contributed by atoms with Crippen molar-refractivity contribution in [1.82, 2.24) is 0 Å². The van der Waals surface area contributed by atoms with Crippen molar-refractivity contribution in [2.75, 3.05) is 33.0 Å². The van der Waals surface area contributed by atoms with Crippen LogP contribution < -0.4 is 0 Å². The van der Waals surface area contributed by atoms with Crippen LogP contribution in [0.2, 0.25) is 0 Å². The predicted molar refractivity (Wildman–Crippen MR) is 210 cm³/mol. The first-order chi connectivity index (χ1) is 24.8. The van der Waals surface area contributed by atoms with Gasteiger partial charge in [-0.15, -0.1) is 0 Å². The Morgan fingerprint density at radius 3 is 1.57 bits per heavy atom. The fraction of sp³-hybridized carbons (Fsp3) is 0.878. The van der Waals surface area contributed by atoms with Gasteiger partial charge in [-0.05, 0) is 44.9 Å². The second-order valence-corrected chi connectivity index (χ2v) is 15.5. The van der Waals surface area contributed by atoms with Crippen molar-refractivity contribution in [3.8, 4) is 0 Å². The lowest BCUT2D eigenvalue weighted by molar-refractivity contribution is -0.154. The first-order valence-corrected chi connectivity index (χ1v) is 22.3. The van der Waals surface area contributed by atoms with Gasteiger partial charge in [-0.2, -0.15) is 0 Å². The Hall–Kier alpha value is -1.06. The predicted octanol–water partition coefficient (Wildman–Crippen LogP) is 11.1. The normalized spacial score (nSPS) is 14.4. The number of aliphatic hydroxyl groups excluding tert-OH is 2. The summed E-state index contributed by atoms with van der Waals surface area (Å²) in [4.78, 5) is 22.5. The third-order valence-corrected chi connectivity index (χ3v) is 9.84. The first kappa shape index (κ1) is 49.9. The molecule has 0 saturated heterocycles. The maximum atomic E-state index is 12.6. The van der Waals surface area contributed by atoms with Gasteiger partial charge in [0.2, 0.25) is 0 Å². The summed E-state index contributed by atoms with van der Waals surface area (Å²) in [6.07, 6.45) is 38.5. The number of allylic oxidation sites excluding steroid dienone is 4. The molecule has 0 aliphatic carbocycles. The number of carbonyl (C=O) groups is 1. The number of phosphoric acid groups is 1. The van der Waals surface area contributed by atoms with Crippen LogP contribution in [-0.4, -0.2) is 66.3 Å². The summed E-state index contributed by atoms with van der Waals surface area (Å²) in [5.74, 6) is -0.387. The van der Waals surface area contributed by atoms with E-state index in [2.05, 4.69) is 38.2 Å². The van der Waals surface area contributed by atoms with Crippen LogP contribution >= 0.6 is 7.82 Å². The summed E-state index contributed by atoms with van der Waals surface area (Å²) in [5, 5.41) is 18.3. The van der Waals surface area contributed by atoms with E-state index in [1.165, 1.54) is 122 Å². The second-order valence-electron chi connectivity index (χ2n) is 14.0. The number of hydrogen-bond acceptors (Lipinski definition) is 8. The Morgan fingerprint density at radius 2 is 1.06 bits per heavy atom. The van der Waals surface area contributed by atoms with Crippen molar-refractivity contribution < 1.29 is 43.0 Å². The summed E-state index contributed by atoms with van der Waals surface area (Å²) in [5.41, 5.74) is 0. The van der Waals surface area contributed by atoms with Gasteiger partial charge >= 0.3 is 13.8 Å². The molecule has 0 aromatic carbocycles. The number of carbonyl (C=O) groups excluding carboxylic acids is 1. The maximum absolute atomic E-state index is 12.6. The molecule has 0 aliphatic rings. The third-order valence-electron chi connectivity index (χ3n) is 8.89. The molecule has 0 fully saturated rings. The van der Waals surface area contributed by atoms with E-state index in [1.54, 1.807) is 0 Å². The van der Waals surface area contributed by atoms with Crippen LogP contribution in [0.5, 0.6) is 0 Å². The minimum atomic E-state index is -4.51. The van der Waals surface area contributed by atoms with Crippen LogP contribution in [-0.2, 0) is 27.9 Å². The molecule has 0 aromatic heterocycles. The summed E-state index contributed by atoms with van der Waals surface area (Å²) in [6.45, 7) is 3.50. The lowest BCUT2D eigenvalue weighted by Crippen LogP contribution is -2.29. The molecule has 0 radical (unpaired) electrons. The summed E-state index contributed by atoms with van der Waals surface area (Å²) < 4.78 is 33.2. The molecule has 51 heavy (non-hydrogen) atoms. The molecule has 3 unspecified atom stereocenters. The smallest absolute Gasteiger partial charge is 0.457 e. The summed E-state index contributed by atoms with van der Waals surface area (Å²) >= 11 is 0. The zero-order valence-electron chi connectivity index (χ0n) is 32.8. The molecule has 3 N–H and O–H groups in total. The SMILES string of the molecule is CCCCCCC/C=C\C/C=C\CCCCCCCCCCCC(=O)OC(COCCCCCCCCCCC)COP(=O)(O)OCC(O)CO. The van der Waals surface area contributed by atoms with Crippen molar-refractivity contribution >= 4 is 13.8 Å². The van der Waals surface area contributed by atoms with Crippen LogP contribution in [0.25, 0.3) is 0 Å². The van der Waals surface area contributed by atoms with Crippen LogP contribution in [0.4, 0.5) is 0 Å². The molecule has 3 atom stereocenters. The van der Waals surface area contributed by atoms with E-state index in [4.69, 9.17) is 23.6 Å². The number of phosphoric ester groups is 1. The molecule has 0 amide bonds. The highest BCUT2D eigenvalue weighted by atomic mass is 31.2. The summed E-state index contributed by atoms with van der Waals surface area (Å²) in [7, 11) is -4.51. The van der Waals surface area contributed by atoms with Crippen molar-refractivity contribution in [3.63, 3.8) is 0 Å². The summed E-state index contributed by atoms with van der Waals surface area (Å²) in [6, 6.07) is 0. The van der Waals surface area contributed by atoms with Gasteiger partial charge < -0.3 is 24.6 Å². The minimum Gasteiger partial charge on any atom is -0.457 e. The van der Waals surface area contributed by atoms with Crippen molar-refractivity contribution in [1.29, 1.82) is 0 Å². The van der Waals surface area contributed by atoms with Crippen LogP contribution in [0.15, 0.2) is 24.3 Å². The molecule has 10 heteroatoms. The van der Waals surface area contributed by atoms with E-state index in [1.807, 2.05) is 0 Å². The monoisotopic (exact) mass is 747 g/mol. The highest BCUT2D eigenvalue weighted by molar-refractivity contribution is 7.47. The van der Waals surface area contributed by atoms with Gasteiger partial charge in [-0.3, -0.25) is 13.8 Å². The Balaban J connectivity index is 4.09. The zero-order chi connectivity index (χ0) is 37.5. The minimum absolute atomic E-state index is 0.0506. The molecular weight excluding hydrogens is 667 g/mol. The van der Waals surface area contributed by atoms with E-state index >= 15 is 0 Å². The number of aliphatic hydroxyl groups is 2. The lowest BCUT2D eigenvalue weighted by atomic mass is 10.1. The largest absolute Gasteiger partial charge is 0.472 e. The van der Waals surface area contributed by atoms with Gasteiger partial charge in [0.15, 0.2) is 0 Å². The standard InChI is InChI=1S/C41H79O9P/c1-3-5-7-9-11-13-14-15-16-17-18-19-20-21-22-23-24-25-27-29-31-33-41(44)50-40(38-49-51(45,46)48-36-39(43)35-42)37-47-34-32-30-28-26-12-10-8-6-4-2/h14-15,17-18,39-40,42-43H,3-13,16,19-38H2,1-2H3,(H,45,46)/b15-14-,18-17-. The molecule has 0 aromatic rings. The van der Waals surface area contributed by atoms with Gasteiger partial charge in [0.25, 0.3) is 0 Å². The van der Waals surface area contributed by atoms with Gasteiger partial charge in [-0.1, -0.05) is 160 Å². The lowest BCUT2D eigenvalue weighted by Gasteiger charge is -2.20. The highest BCUT2D eigenvalue weighted by Crippen LogP contribution is 2.43. The van der Waals surface area contributed by atoms with E-state index < -0.39 is 33.2 Å². The number of esters is 1.